The molecule has 23 heavy (non-hydrogen) atoms. The van der Waals surface area contributed by atoms with Crippen molar-refractivity contribution in [2.75, 3.05) is 0 Å². The molecule has 1 N–H and O–H groups in total. The summed E-state index contributed by atoms with van der Waals surface area (Å²) in [6.45, 7) is 11.9. The van der Waals surface area contributed by atoms with Gasteiger partial charge in [-0.05, 0) is 48.0 Å². The Morgan fingerprint density at radius 2 is 1.74 bits per heavy atom. The molecule has 0 saturated heterocycles. The summed E-state index contributed by atoms with van der Waals surface area (Å²) in [5.41, 5.74) is 1.81. The molecule has 1 aromatic rings. The van der Waals surface area contributed by atoms with Crippen LogP contribution in [-0.4, -0.2) is 11.9 Å². The topological polar surface area (TPSA) is 29.1 Å². The van der Waals surface area contributed by atoms with E-state index in [1.807, 2.05) is 30.3 Å². The molecule has 1 amide bonds. The van der Waals surface area contributed by atoms with E-state index in [0.29, 0.717) is 29.2 Å². The zero-order valence-corrected chi connectivity index (χ0v) is 15.5. The molecule has 2 rings (SSSR count). The second-order valence-electron chi connectivity index (χ2n) is 8.57. The van der Waals surface area contributed by atoms with Gasteiger partial charge in [-0.2, -0.15) is 0 Å². The second kappa shape index (κ2) is 7.07. The number of benzene rings is 1. The predicted octanol–water partition coefficient (Wildman–Crippen LogP) is 4.98. The van der Waals surface area contributed by atoms with E-state index < -0.39 is 0 Å². The van der Waals surface area contributed by atoms with Gasteiger partial charge in [0.25, 0.3) is 0 Å². The lowest BCUT2D eigenvalue weighted by Gasteiger charge is -2.52. The highest BCUT2D eigenvalue weighted by Crippen LogP contribution is 2.54. The van der Waals surface area contributed by atoms with Crippen molar-refractivity contribution in [2.24, 2.45) is 16.7 Å². The molecule has 0 radical (unpaired) electrons. The molecule has 2 heteroatoms. The Labute approximate surface area is 142 Å². The average molecular weight is 316 g/mol. The summed E-state index contributed by atoms with van der Waals surface area (Å²) < 4.78 is 0. The largest absolute Gasteiger partial charge is 0.353 e. The van der Waals surface area contributed by atoms with Crippen LogP contribution in [0, 0.1) is 16.7 Å². The third kappa shape index (κ3) is 4.16. The van der Waals surface area contributed by atoms with Crippen molar-refractivity contribution in [1.29, 1.82) is 0 Å². The fourth-order valence-corrected chi connectivity index (χ4v) is 4.53. The Balaban J connectivity index is 1.90. The van der Waals surface area contributed by atoms with Gasteiger partial charge in [0.1, 0.15) is 0 Å². The maximum atomic E-state index is 12.3. The van der Waals surface area contributed by atoms with Crippen LogP contribution >= 0.6 is 0 Å². The summed E-state index contributed by atoms with van der Waals surface area (Å²) in [5.74, 6) is 0.845. The van der Waals surface area contributed by atoms with E-state index in [4.69, 9.17) is 0 Å². The third-order valence-electron chi connectivity index (χ3n) is 6.05. The van der Waals surface area contributed by atoms with E-state index in [0.717, 1.165) is 18.4 Å². The highest BCUT2D eigenvalue weighted by atomic mass is 16.1. The molecule has 0 atom stereocenters. The van der Waals surface area contributed by atoms with Crippen molar-refractivity contribution in [2.45, 2.75) is 72.8 Å². The van der Waals surface area contributed by atoms with Gasteiger partial charge in [-0.1, -0.05) is 65.0 Å². The molecule has 2 nitrogen and oxygen atoms in total. The van der Waals surface area contributed by atoms with Crippen LogP contribution in [0.1, 0.15) is 65.9 Å². The fraction of sp³-hybridized carbons (Fsp3) is 0.667. The predicted molar refractivity (Wildman–Crippen MR) is 97.3 cm³/mol. The van der Waals surface area contributed by atoms with Crippen molar-refractivity contribution >= 4 is 5.91 Å². The molecule has 1 fully saturated rings. The molecule has 1 aliphatic rings. The molecule has 1 aromatic carbocycles. The standard InChI is InChI=1S/C21H33NO/c1-16(2)21(20(3,4)5)13-11-18(12-14-21)22-19(23)15-17-9-7-6-8-10-17/h6-10,16,18H,11-15H2,1-5H3,(H,22,23). The molecule has 0 aliphatic heterocycles. The van der Waals surface area contributed by atoms with Crippen molar-refractivity contribution < 1.29 is 4.79 Å². The van der Waals surface area contributed by atoms with Crippen LogP contribution in [0.2, 0.25) is 0 Å². The Kier molecular flexibility index (Phi) is 5.54. The number of nitrogens with one attached hydrogen (secondary N) is 1. The summed E-state index contributed by atoms with van der Waals surface area (Å²) in [6.07, 6.45) is 5.13. The zero-order valence-electron chi connectivity index (χ0n) is 15.5. The number of carbonyl (C=O) groups excluding carboxylic acids is 1. The molecule has 1 saturated carbocycles. The second-order valence-corrected chi connectivity index (χ2v) is 8.57. The average Bonchev–Trinajstić information content (AvgIpc) is 2.47. The van der Waals surface area contributed by atoms with Gasteiger partial charge in [-0.15, -0.1) is 0 Å². The number of carbonyl (C=O) groups is 1. The van der Waals surface area contributed by atoms with E-state index in [-0.39, 0.29) is 5.91 Å². The van der Waals surface area contributed by atoms with Gasteiger partial charge in [0.2, 0.25) is 5.91 Å². The Bertz CT molecular complexity index is 504. The molecule has 0 unspecified atom stereocenters. The van der Waals surface area contributed by atoms with E-state index in [1.54, 1.807) is 0 Å². The van der Waals surface area contributed by atoms with Crippen LogP contribution in [0.3, 0.4) is 0 Å². The molecule has 0 spiro atoms. The van der Waals surface area contributed by atoms with Gasteiger partial charge >= 0.3 is 0 Å². The first-order chi connectivity index (χ1) is 10.7. The van der Waals surface area contributed by atoms with E-state index in [1.165, 1.54) is 12.8 Å². The van der Waals surface area contributed by atoms with Crippen LogP contribution < -0.4 is 5.32 Å². The van der Waals surface area contributed by atoms with Crippen molar-refractivity contribution in [1.82, 2.24) is 5.32 Å². The number of rotatable bonds is 4. The zero-order chi connectivity index (χ0) is 17.1. The maximum Gasteiger partial charge on any atom is 0.224 e. The minimum atomic E-state index is 0.161. The minimum Gasteiger partial charge on any atom is -0.353 e. The van der Waals surface area contributed by atoms with Gasteiger partial charge in [-0.25, -0.2) is 0 Å². The molecule has 128 valence electrons. The van der Waals surface area contributed by atoms with E-state index in [9.17, 15) is 4.79 Å². The quantitative estimate of drug-likeness (QED) is 0.834. The Morgan fingerprint density at radius 1 is 1.17 bits per heavy atom. The van der Waals surface area contributed by atoms with Crippen LogP contribution in [0.15, 0.2) is 30.3 Å². The highest BCUT2D eigenvalue weighted by Gasteiger charge is 2.46. The first kappa shape index (κ1) is 18.0. The van der Waals surface area contributed by atoms with Crippen molar-refractivity contribution in [3.05, 3.63) is 35.9 Å². The van der Waals surface area contributed by atoms with Crippen LogP contribution in [-0.2, 0) is 11.2 Å². The third-order valence-corrected chi connectivity index (χ3v) is 6.05. The molecular formula is C21H33NO. The van der Waals surface area contributed by atoms with Crippen LogP contribution in [0.25, 0.3) is 0 Å². The molecule has 0 heterocycles. The lowest BCUT2D eigenvalue weighted by Crippen LogP contribution is -2.48. The molecule has 1 aliphatic carbocycles. The molecule has 0 bridgehead atoms. The fourth-order valence-electron chi connectivity index (χ4n) is 4.53. The molecule has 0 aromatic heterocycles. The first-order valence-electron chi connectivity index (χ1n) is 9.08. The van der Waals surface area contributed by atoms with E-state index in [2.05, 4.69) is 39.9 Å². The summed E-state index contributed by atoms with van der Waals surface area (Å²) >= 11 is 0. The summed E-state index contributed by atoms with van der Waals surface area (Å²) in [6, 6.07) is 10.3. The Hall–Kier alpha value is -1.31. The smallest absolute Gasteiger partial charge is 0.224 e. The lowest BCUT2D eigenvalue weighted by atomic mass is 9.54. The maximum absolute atomic E-state index is 12.3. The van der Waals surface area contributed by atoms with Gasteiger partial charge in [0.05, 0.1) is 6.42 Å². The van der Waals surface area contributed by atoms with E-state index >= 15 is 0 Å². The van der Waals surface area contributed by atoms with Gasteiger partial charge in [0, 0.05) is 6.04 Å². The normalized spacial score (nSPS) is 25.4. The number of hydrogen-bond donors (Lipinski definition) is 1. The minimum absolute atomic E-state index is 0.161. The van der Waals surface area contributed by atoms with Crippen LogP contribution in [0.5, 0.6) is 0 Å². The van der Waals surface area contributed by atoms with Gasteiger partial charge in [-0.3, -0.25) is 4.79 Å². The monoisotopic (exact) mass is 315 g/mol. The lowest BCUT2D eigenvalue weighted by molar-refractivity contribution is -0.121. The SMILES string of the molecule is CC(C)C1(C(C)(C)C)CCC(NC(=O)Cc2ccccc2)CC1. The summed E-state index contributed by atoms with van der Waals surface area (Å²) in [7, 11) is 0. The van der Waals surface area contributed by atoms with Gasteiger partial charge < -0.3 is 5.32 Å². The number of amides is 1. The Morgan fingerprint density at radius 3 is 2.22 bits per heavy atom. The van der Waals surface area contributed by atoms with Crippen molar-refractivity contribution in [3.63, 3.8) is 0 Å². The summed E-state index contributed by atoms with van der Waals surface area (Å²) in [5, 5.41) is 3.26. The highest BCUT2D eigenvalue weighted by molar-refractivity contribution is 5.78. The number of hydrogen-bond acceptors (Lipinski definition) is 1. The van der Waals surface area contributed by atoms with Gasteiger partial charge in [0.15, 0.2) is 0 Å². The van der Waals surface area contributed by atoms with Crippen molar-refractivity contribution in [3.8, 4) is 0 Å². The first-order valence-corrected chi connectivity index (χ1v) is 9.08. The molecular weight excluding hydrogens is 282 g/mol. The van der Waals surface area contributed by atoms with Crippen LogP contribution in [0.4, 0.5) is 0 Å². The summed E-state index contributed by atoms with van der Waals surface area (Å²) in [4.78, 5) is 12.3.